The van der Waals surface area contributed by atoms with Crippen molar-refractivity contribution in [3.05, 3.63) is 34.3 Å². The van der Waals surface area contributed by atoms with Crippen LogP contribution in [0.15, 0.2) is 28.7 Å². The molecule has 0 spiro atoms. The van der Waals surface area contributed by atoms with Crippen molar-refractivity contribution < 1.29 is 33.5 Å². The lowest BCUT2D eigenvalue weighted by Gasteiger charge is -2.30. The van der Waals surface area contributed by atoms with Crippen LogP contribution in [-0.2, 0) is 39.9 Å². The Morgan fingerprint density at radius 1 is 0.938 bits per heavy atom. The van der Waals surface area contributed by atoms with Gasteiger partial charge in [0.05, 0.1) is 0 Å². The fraction of sp³-hybridized carbons (Fsp3) is 0.647. The number of amides is 5. The average Bonchev–Trinajstić information content (AvgIpc) is 3.53. The zero-order valence-electron chi connectivity index (χ0n) is 29.2. The second-order valence-electron chi connectivity index (χ2n) is 12.9. The summed E-state index contributed by atoms with van der Waals surface area (Å²) in [6.07, 6.45) is 1.69. The predicted molar refractivity (Wildman–Crippen MR) is 185 cm³/mol. The standard InChI is InChI=1S/C34H53BrN6O7/c1-8-40(9-2)33(46)27(18-23-12-14-24(35)15-13-23)38-31(44)26(17-20(3)4)37-32(45)29(21(5)6)39-30(43)25(36)19-48-34(47)28-11-10-16-41(28)22(7)42/h12-15,20-21,25-29H,8-11,16-19,36H2,1-7H3,(H,37,45)(H,38,44)(H,39,43)/t25-,26-,27-,28-,29-/m0/s1. The zero-order chi connectivity index (χ0) is 36.1. The summed E-state index contributed by atoms with van der Waals surface area (Å²) in [6.45, 7) is 13.4. The Bertz CT molecular complexity index is 1270. The van der Waals surface area contributed by atoms with Crippen molar-refractivity contribution >= 4 is 51.4 Å². The number of nitrogens with two attached hydrogens (primary N) is 1. The molecule has 0 radical (unpaired) electrons. The summed E-state index contributed by atoms with van der Waals surface area (Å²) in [5, 5.41) is 8.31. The minimum atomic E-state index is -1.27. The number of halogens is 1. The Balaban J connectivity index is 2.14. The number of rotatable bonds is 17. The summed E-state index contributed by atoms with van der Waals surface area (Å²) >= 11 is 3.42. The van der Waals surface area contributed by atoms with Crippen LogP contribution in [0.2, 0.25) is 0 Å². The first kappa shape index (κ1) is 40.7. The molecule has 1 aliphatic heterocycles. The van der Waals surface area contributed by atoms with Gasteiger partial charge in [0.1, 0.15) is 36.8 Å². The molecule has 1 aliphatic rings. The summed E-state index contributed by atoms with van der Waals surface area (Å²) in [4.78, 5) is 81.3. The van der Waals surface area contributed by atoms with E-state index >= 15 is 0 Å². The van der Waals surface area contributed by atoms with Gasteiger partial charge in [0.25, 0.3) is 0 Å². The number of benzene rings is 1. The Morgan fingerprint density at radius 2 is 1.54 bits per heavy atom. The summed E-state index contributed by atoms with van der Waals surface area (Å²) in [7, 11) is 0. The van der Waals surface area contributed by atoms with E-state index in [-0.39, 0.29) is 36.5 Å². The molecule has 268 valence electrons. The Hall–Kier alpha value is -3.52. The normalized spacial score (nSPS) is 16.9. The highest BCUT2D eigenvalue weighted by molar-refractivity contribution is 9.10. The van der Waals surface area contributed by atoms with E-state index in [0.717, 1.165) is 10.0 Å². The van der Waals surface area contributed by atoms with Crippen molar-refractivity contribution in [1.29, 1.82) is 0 Å². The van der Waals surface area contributed by atoms with Crippen LogP contribution in [0.4, 0.5) is 0 Å². The fourth-order valence-corrected chi connectivity index (χ4v) is 5.84. The van der Waals surface area contributed by atoms with Crippen molar-refractivity contribution in [2.45, 2.75) is 104 Å². The minimum absolute atomic E-state index is 0.0125. The number of nitrogens with one attached hydrogen (secondary N) is 3. The second-order valence-corrected chi connectivity index (χ2v) is 13.8. The molecule has 13 nitrogen and oxygen atoms in total. The fourth-order valence-electron chi connectivity index (χ4n) is 5.58. The van der Waals surface area contributed by atoms with Gasteiger partial charge in [-0.3, -0.25) is 24.0 Å². The lowest BCUT2D eigenvalue weighted by atomic mass is 9.98. The van der Waals surface area contributed by atoms with E-state index in [0.29, 0.717) is 32.5 Å². The van der Waals surface area contributed by atoms with Crippen LogP contribution in [0.25, 0.3) is 0 Å². The van der Waals surface area contributed by atoms with Gasteiger partial charge in [0.15, 0.2) is 0 Å². The van der Waals surface area contributed by atoms with Gasteiger partial charge in [-0.25, -0.2) is 4.79 Å². The summed E-state index contributed by atoms with van der Waals surface area (Å²) < 4.78 is 6.15. The van der Waals surface area contributed by atoms with E-state index in [1.54, 1.807) is 18.7 Å². The van der Waals surface area contributed by atoms with E-state index in [4.69, 9.17) is 10.5 Å². The maximum absolute atomic E-state index is 13.7. The third-order valence-electron chi connectivity index (χ3n) is 8.30. The molecule has 2 rings (SSSR count). The van der Waals surface area contributed by atoms with E-state index in [1.165, 1.54) is 11.8 Å². The monoisotopic (exact) mass is 736 g/mol. The molecule has 0 bridgehead atoms. The molecule has 1 saturated heterocycles. The van der Waals surface area contributed by atoms with Crippen molar-refractivity contribution in [2.24, 2.45) is 17.6 Å². The van der Waals surface area contributed by atoms with E-state index in [9.17, 15) is 28.8 Å². The first-order valence-electron chi connectivity index (χ1n) is 16.7. The number of nitrogens with zero attached hydrogens (tertiary/aromatic N) is 2. The van der Waals surface area contributed by atoms with Gasteiger partial charge in [0, 0.05) is 37.5 Å². The number of likely N-dealkylation sites (N-methyl/N-ethyl adjacent to an activating group) is 1. The summed E-state index contributed by atoms with van der Waals surface area (Å²) in [5.74, 6) is -3.28. The molecule has 0 aliphatic carbocycles. The molecule has 0 saturated carbocycles. The molecule has 5 amide bonds. The number of ether oxygens (including phenoxy) is 1. The molecule has 48 heavy (non-hydrogen) atoms. The van der Waals surface area contributed by atoms with Crippen molar-refractivity contribution in [3.63, 3.8) is 0 Å². The highest BCUT2D eigenvalue weighted by atomic mass is 79.9. The average molecular weight is 738 g/mol. The van der Waals surface area contributed by atoms with Gasteiger partial charge in [-0.1, -0.05) is 55.8 Å². The second kappa shape index (κ2) is 19.5. The molecular formula is C34H53BrN6O7. The van der Waals surface area contributed by atoms with Gasteiger partial charge in [0.2, 0.25) is 29.5 Å². The van der Waals surface area contributed by atoms with Crippen LogP contribution >= 0.6 is 15.9 Å². The molecule has 5 atom stereocenters. The van der Waals surface area contributed by atoms with Crippen molar-refractivity contribution in [1.82, 2.24) is 25.8 Å². The SMILES string of the molecule is CCN(CC)C(=O)[C@H](Cc1ccc(Br)cc1)NC(=O)[C@H](CC(C)C)NC(=O)[C@@H](NC(=O)[C@@H](N)COC(=O)[C@@H]1CCCN1C(C)=O)C(C)C. The lowest BCUT2D eigenvalue weighted by molar-refractivity contribution is -0.154. The van der Waals surface area contributed by atoms with Crippen molar-refractivity contribution in [2.75, 3.05) is 26.2 Å². The zero-order valence-corrected chi connectivity index (χ0v) is 30.8. The van der Waals surface area contributed by atoms with Crippen LogP contribution < -0.4 is 21.7 Å². The molecule has 1 heterocycles. The molecule has 5 N–H and O–H groups in total. The third kappa shape index (κ3) is 12.2. The van der Waals surface area contributed by atoms with Gasteiger partial charge in [-0.2, -0.15) is 0 Å². The van der Waals surface area contributed by atoms with Crippen molar-refractivity contribution in [3.8, 4) is 0 Å². The van der Waals surface area contributed by atoms with Crippen LogP contribution in [0.3, 0.4) is 0 Å². The maximum Gasteiger partial charge on any atom is 0.328 e. The maximum atomic E-state index is 13.7. The number of carbonyl (C=O) groups is 6. The molecular weight excluding hydrogens is 684 g/mol. The molecule has 0 aromatic heterocycles. The topological polar surface area (TPSA) is 180 Å². The van der Waals surface area contributed by atoms with Gasteiger partial charge < -0.3 is 36.2 Å². The number of hydrogen-bond donors (Lipinski definition) is 4. The smallest absolute Gasteiger partial charge is 0.328 e. The Labute approximate surface area is 292 Å². The van der Waals surface area contributed by atoms with Crippen LogP contribution in [-0.4, -0.2) is 102 Å². The largest absolute Gasteiger partial charge is 0.462 e. The van der Waals surface area contributed by atoms with Gasteiger partial charge in [-0.05, 0) is 62.6 Å². The molecule has 14 heteroatoms. The lowest BCUT2D eigenvalue weighted by Crippen LogP contribution is -2.59. The summed E-state index contributed by atoms with van der Waals surface area (Å²) in [6, 6.07) is 2.60. The Kier molecular flexibility index (Phi) is 16.5. The highest BCUT2D eigenvalue weighted by Crippen LogP contribution is 2.19. The third-order valence-corrected chi connectivity index (χ3v) is 8.83. The van der Waals surface area contributed by atoms with Gasteiger partial charge in [-0.15, -0.1) is 0 Å². The molecule has 1 aromatic carbocycles. The number of esters is 1. The first-order valence-corrected chi connectivity index (χ1v) is 17.5. The van der Waals surface area contributed by atoms with Crippen LogP contribution in [0.1, 0.15) is 73.3 Å². The number of likely N-dealkylation sites (tertiary alicyclic amines) is 1. The number of carbonyl (C=O) groups excluding carboxylic acids is 6. The van der Waals surface area contributed by atoms with E-state index in [1.807, 2.05) is 52.0 Å². The predicted octanol–water partition coefficient (Wildman–Crippen LogP) is 1.90. The Morgan fingerprint density at radius 3 is 2.08 bits per heavy atom. The highest BCUT2D eigenvalue weighted by Gasteiger charge is 2.35. The molecule has 1 aromatic rings. The molecule has 0 unspecified atom stereocenters. The quantitative estimate of drug-likeness (QED) is 0.175. The molecule has 1 fully saturated rings. The number of hydrogen-bond acceptors (Lipinski definition) is 8. The van der Waals surface area contributed by atoms with E-state index < -0.39 is 60.5 Å². The van der Waals surface area contributed by atoms with E-state index in [2.05, 4.69) is 31.9 Å². The minimum Gasteiger partial charge on any atom is -0.462 e. The van der Waals surface area contributed by atoms with Gasteiger partial charge >= 0.3 is 5.97 Å². The summed E-state index contributed by atoms with van der Waals surface area (Å²) in [5.41, 5.74) is 6.88. The van der Waals surface area contributed by atoms with Crippen LogP contribution in [0.5, 0.6) is 0 Å². The van der Waals surface area contributed by atoms with Crippen LogP contribution in [0, 0.1) is 11.8 Å². The first-order chi connectivity index (χ1) is 22.6.